The van der Waals surface area contributed by atoms with Crippen molar-refractivity contribution in [3.05, 3.63) is 47.3 Å². The average Bonchev–Trinajstić information content (AvgIpc) is 3.50. The Morgan fingerprint density at radius 1 is 1.09 bits per heavy atom. The van der Waals surface area contributed by atoms with Gasteiger partial charge in [-0.15, -0.1) is 4.90 Å². The highest BCUT2D eigenvalue weighted by Crippen LogP contribution is 2.41. The Bertz CT molecular complexity index is 987. The van der Waals surface area contributed by atoms with Crippen LogP contribution >= 0.6 is 0 Å². The smallest absolute Gasteiger partial charge is 0.427 e. The standard InChI is InChI=1S/C24H32N4O4/c1-23(2,3)18-10-15(9-17(11-18)16-7-8-16)12-25-19-13-26-20(27-14-19)28(21(29)30)22(31)32-24(4,5)6/h9-11,13-14,16,25H,7-8,12H2,1-6H3,(H,29,30). The number of imide groups is 1. The molecule has 2 amide bonds. The molecule has 1 aromatic carbocycles. The van der Waals surface area contributed by atoms with Crippen molar-refractivity contribution in [3.63, 3.8) is 0 Å². The Morgan fingerprint density at radius 2 is 1.72 bits per heavy atom. The number of benzene rings is 1. The zero-order chi connectivity index (χ0) is 23.7. The van der Waals surface area contributed by atoms with Crippen LogP contribution in [0.4, 0.5) is 21.2 Å². The largest absolute Gasteiger partial charge is 0.464 e. The maximum atomic E-state index is 12.2. The lowest BCUT2D eigenvalue weighted by atomic mass is 9.84. The molecule has 0 unspecified atom stereocenters. The summed E-state index contributed by atoms with van der Waals surface area (Å²) >= 11 is 0. The predicted molar refractivity (Wildman–Crippen MR) is 123 cm³/mol. The summed E-state index contributed by atoms with van der Waals surface area (Å²) in [4.78, 5) is 32.3. The number of hydrogen-bond acceptors (Lipinski definition) is 6. The molecule has 1 aliphatic rings. The molecule has 1 aliphatic carbocycles. The number of aromatic nitrogens is 2. The van der Waals surface area contributed by atoms with E-state index in [-0.39, 0.29) is 11.4 Å². The van der Waals surface area contributed by atoms with Gasteiger partial charge >= 0.3 is 12.2 Å². The van der Waals surface area contributed by atoms with Gasteiger partial charge in [-0.05, 0) is 61.6 Å². The molecule has 0 radical (unpaired) electrons. The fourth-order valence-electron chi connectivity index (χ4n) is 3.19. The first-order valence-electron chi connectivity index (χ1n) is 10.8. The molecule has 0 bridgehead atoms. The Morgan fingerprint density at radius 3 is 2.22 bits per heavy atom. The molecule has 2 N–H and O–H groups in total. The third-order valence-electron chi connectivity index (χ3n) is 5.03. The predicted octanol–water partition coefficient (Wildman–Crippen LogP) is 5.68. The van der Waals surface area contributed by atoms with E-state index in [1.54, 1.807) is 20.8 Å². The molecule has 1 heterocycles. The third-order valence-corrected chi connectivity index (χ3v) is 5.03. The number of carboxylic acid groups (broad SMARTS) is 1. The summed E-state index contributed by atoms with van der Waals surface area (Å²) in [6, 6.07) is 6.77. The minimum atomic E-state index is -1.51. The second-order valence-electron chi connectivity index (χ2n) is 10.2. The highest BCUT2D eigenvalue weighted by atomic mass is 16.6. The molecule has 0 atom stereocenters. The number of rotatable bonds is 5. The van der Waals surface area contributed by atoms with Crippen LogP contribution in [0, 0.1) is 0 Å². The van der Waals surface area contributed by atoms with Crippen LogP contribution in [-0.4, -0.2) is 32.9 Å². The molecule has 1 fully saturated rings. The molecule has 2 aromatic rings. The fourth-order valence-corrected chi connectivity index (χ4v) is 3.19. The van der Waals surface area contributed by atoms with E-state index >= 15 is 0 Å². The number of amides is 2. The Balaban J connectivity index is 1.73. The van der Waals surface area contributed by atoms with Crippen molar-refractivity contribution in [1.29, 1.82) is 0 Å². The molecule has 8 heteroatoms. The SMILES string of the molecule is CC(C)(C)OC(=O)N(C(=O)O)c1ncc(NCc2cc(C3CC3)cc(C(C)(C)C)c2)cn1. The van der Waals surface area contributed by atoms with Gasteiger partial charge in [0.15, 0.2) is 0 Å². The van der Waals surface area contributed by atoms with Crippen LogP contribution in [0.1, 0.15) is 77.0 Å². The van der Waals surface area contributed by atoms with Gasteiger partial charge in [0, 0.05) is 6.54 Å². The van der Waals surface area contributed by atoms with E-state index in [2.05, 4.69) is 54.3 Å². The van der Waals surface area contributed by atoms with Crippen LogP contribution in [0.3, 0.4) is 0 Å². The first kappa shape index (κ1) is 23.5. The van der Waals surface area contributed by atoms with E-state index in [4.69, 9.17) is 4.74 Å². The minimum absolute atomic E-state index is 0.0619. The van der Waals surface area contributed by atoms with Gasteiger partial charge in [-0.25, -0.2) is 19.6 Å². The van der Waals surface area contributed by atoms with E-state index in [1.807, 2.05) is 0 Å². The fraction of sp³-hybridized carbons (Fsp3) is 0.500. The van der Waals surface area contributed by atoms with Gasteiger partial charge in [-0.1, -0.05) is 39.0 Å². The van der Waals surface area contributed by atoms with Gasteiger partial charge in [0.2, 0.25) is 5.95 Å². The van der Waals surface area contributed by atoms with Gasteiger partial charge in [0.1, 0.15) is 5.60 Å². The number of nitrogens with zero attached hydrogens (tertiary/aromatic N) is 3. The van der Waals surface area contributed by atoms with Crippen molar-refractivity contribution >= 4 is 23.8 Å². The van der Waals surface area contributed by atoms with Crippen LogP contribution in [0.2, 0.25) is 0 Å². The molecule has 1 saturated carbocycles. The van der Waals surface area contributed by atoms with Crippen LogP contribution in [0.15, 0.2) is 30.6 Å². The number of ether oxygens (including phenoxy) is 1. The highest BCUT2D eigenvalue weighted by molar-refractivity contribution is 6.07. The molecule has 32 heavy (non-hydrogen) atoms. The number of carbonyl (C=O) groups excluding carboxylic acids is 1. The van der Waals surface area contributed by atoms with E-state index < -0.39 is 17.8 Å². The van der Waals surface area contributed by atoms with E-state index in [1.165, 1.54) is 41.9 Å². The van der Waals surface area contributed by atoms with Crippen molar-refractivity contribution in [3.8, 4) is 0 Å². The average molecular weight is 441 g/mol. The van der Waals surface area contributed by atoms with Crippen LogP contribution < -0.4 is 10.2 Å². The summed E-state index contributed by atoms with van der Waals surface area (Å²) in [5.74, 6) is 0.400. The van der Waals surface area contributed by atoms with E-state index in [9.17, 15) is 14.7 Å². The minimum Gasteiger partial charge on any atom is -0.464 e. The molecule has 1 aromatic heterocycles. The molecule has 0 saturated heterocycles. The van der Waals surface area contributed by atoms with E-state index in [0.717, 1.165) is 0 Å². The monoisotopic (exact) mass is 440 g/mol. The molecule has 0 spiro atoms. The van der Waals surface area contributed by atoms with Gasteiger partial charge in [-0.2, -0.15) is 0 Å². The van der Waals surface area contributed by atoms with Gasteiger partial charge < -0.3 is 15.2 Å². The summed E-state index contributed by atoms with van der Waals surface area (Å²) in [6.45, 7) is 12.2. The zero-order valence-corrected chi connectivity index (χ0v) is 19.6. The van der Waals surface area contributed by atoms with Gasteiger partial charge in [0.05, 0.1) is 18.1 Å². The summed E-state index contributed by atoms with van der Waals surface area (Å²) in [5.41, 5.74) is 3.70. The highest BCUT2D eigenvalue weighted by Gasteiger charge is 2.30. The normalized spacial score (nSPS) is 14.1. The lowest BCUT2D eigenvalue weighted by molar-refractivity contribution is 0.0579. The second kappa shape index (κ2) is 8.76. The number of anilines is 2. The molecule has 0 aliphatic heterocycles. The van der Waals surface area contributed by atoms with Crippen molar-refractivity contribution in [2.75, 3.05) is 10.2 Å². The Hall–Kier alpha value is -3.16. The van der Waals surface area contributed by atoms with E-state index in [0.29, 0.717) is 23.0 Å². The summed E-state index contributed by atoms with van der Waals surface area (Å²) < 4.78 is 5.14. The Kier molecular flexibility index (Phi) is 6.44. The molecule has 8 nitrogen and oxygen atoms in total. The van der Waals surface area contributed by atoms with Crippen LogP contribution in [0.5, 0.6) is 0 Å². The number of carbonyl (C=O) groups is 2. The maximum absolute atomic E-state index is 12.2. The van der Waals surface area contributed by atoms with Crippen molar-refractivity contribution in [2.24, 2.45) is 0 Å². The molecular weight excluding hydrogens is 408 g/mol. The molecule has 172 valence electrons. The second-order valence-corrected chi connectivity index (χ2v) is 10.2. The topological polar surface area (TPSA) is 105 Å². The van der Waals surface area contributed by atoms with Crippen molar-refractivity contribution < 1.29 is 19.4 Å². The van der Waals surface area contributed by atoms with Crippen molar-refractivity contribution in [2.45, 2.75) is 77.9 Å². The number of hydrogen-bond donors (Lipinski definition) is 2. The lowest BCUT2D eigenvalue weighted by Gasteiger charge is -2.23. The quantitative estimate of drug-likeness (QED) is 0.616. The van der Waals surface area contributed by atoms with Crippen LogP contribution in [-0.2, 0) is 16.7 Å². The lowest BCUT2D eigenvalue weighted by Crippen LogP contribution is -2.41. The van der Waals surface area contributed by atoms with Gasteiger partial charge in [0.25, 0.3) is 0 Å². The van der Waals surface area contributed by atoms with Crippen molar-refractivity contribution in [1.82, 2.24) is 9.97 Å². The summed E-state index contributed by atoms with van der Waals surface area (Å²) in [7, 11) is 0. The summed E-state index contributed by atoms with van der Waals surface area (Å²) in [6.07, 6.45) is 2.85. The zero-order valence-electron chi connectivity index (χ0n) is 19.6. The molecule has 3 rings (SSSR count). The molecular formula is C24H32N4O4. The van der Waals surface area contributed by atoms with Crippen LogP contribution in [0.25, 0.3) is 0 Å². The first-order valence-corrected chi connectivity index (χ1v) is 10.8. The first-order chi connectivity index (χ1) is 14.8. The number of nitrogens with one attached hydrogen (secondary N) is 1. The third kappa shape index (κ3) is 6.18. The summed E-state index contributed by atoms with van der Waals surface area (Å²) in [5, 5.41) is 12.7. The Labute approximate surface area is 189 Å². The maximum Gasteiger partial charge on any atom is 0.427 e. The van der Waals surface area contributed by atoms with Gasteiger partial charge in [-0.3, -0.25) is 0 Å².